The molecule has 3 aromatic rings. The molecule has 0 heterocycles. The van der Waals surface area contributed by atoms with Crippen LogP contribution in [0.2, 0.25) is 0 Å². The van der Waals surface area contributed by atoms with Gasteiger partial charge in [0.05, 0.1) is 21.6 Å². The summed E-state index contributed by atoms with van der Waals surface area (Å²) in [6.45, 7) is -0.0963. The van der Waals surface area contributed by atoms with Crippen LogP contribution < -0.4 is 4.74 Å². The van der Waals surface area contributed by atoms with Crippen molar-refractivity contribution in [2.75, 3.05) is 0 Å². The highest BCUT2D eigenvalue weighted by molar-refractivity contribution is 5.89. The van der Waals surface area contributed by atoms with Gasteiger partial charge in [0.2, 0.25) is 0 Å². The van der Waals surface area contributed by atoms with E-state index in [4.69, 9.17) is 20.0 Å². The van der Waals surface area contributed by atoms with E-state index in [1.54, 1.807) is 24.3 Å². The fourth-order valence-electron chi connectivity index (χ4n) is 2.56. The average Bonchev–Trinajstić information content (AvgIpc) is 2.78. The minimum Gasteiger partial charge on any atom is -0.457 e. The zero-order chi connectivity index (χ0) is 21.5. The first-order valence-corrected chi connectivity index (χ1v) is 8.63. The number of carbonyl (C=O) groups is 1. The summed E-state index contributed by atoms with van der Waals surface area (Å²) in [7, 11) is 0. The summed E-state index contributed by atoms with van der Waals surface area (Å²) in [5.74, 6) is 0.226. The van der Waals surface area contributed by atoms with Crippen molar-refractivity contribution in [1.82, 2.24) is 0 Å². The zero-order valence-corrected chi connectivity index (χ0v) is 15.4. The summed E-state index contributed by atoms with van der Waals surface area (Å²) < 4.78 is 10.8. The molecular weight excluding hydrogens is 386 g/mol. The van der Waals surface area contributed by atoms with Gasteiger partial charge in [-0.25, -0.2) is 4.79 Å². The average molecular weight is 399 g/mol. The second-order valence-electron chi connectivity index (χ2n) is 6.06. The van der Waals surface area contributed by atoms with E-state index in [1.807, 2.05) is 12.1 Å². The second kappa shape index (κ2) is 9.00. The van der Waals surface area contributed by atoms with E-state index in [9.17, 15) is 14.9 Å². The summed E-state index contributed by atoms with van der Waals surface area (Å²) in [5.41, 5.74) is 1.17. The van der Waals surface area contributed by atoms with Crippen LogP contribution in [0.25, 0.3) is 0 Å². The van der Waals surface area contributed by atoms with Crippen LogP contribution in [-0.2, 0) is 11.3 Å². The molecule has 8 heteroatoms. The predicted molar refractivity (Wildman–Crippen MR) is 105 cm³/mol. The molecule has 0 unspecified atom stereocenters. The van der Waals surface area contributed by atoms with Crippen molar-refractivity contribution in [3.8, 4) is 23.6 Å². The van der Waals surface area contributed by atoms with E-state index in [2.05, 4.69) is 0 Å². The number of carbonyl (C=O) groups excluding carboxylic acids is 1. The van der Waals surface area contributed by atoms with Crippen LogP contribution in [0.1, 0.15) is 27.0 Å². The normalized spacial score (nSPS) is 9.80. The van der Waals surface area contributed by atoms with Gasteiger partial charge in [-0.3, -0.25) is 10.1 Å². The van der Waals surface area contributed by atoms with E-state index in [1.165, 1.54) is 42.5 Å². The van der Waals surface area contributed by atoms with Crippen molar-refractivity contribution in [1.29, 1.82) is 10.5 Å². The number of rotatable bonds is 6. The lowest BCUT2D eigenvalue weighted by Crippen LogP contribution is -2.05. The molecule has 8 nitrogen and oxygen atoms in total. The summed E-state index contributed by atoms with van der Waals surface area (Å²) in [5, 5.41) is 28.8. The quantitative estimate of drug-likeness (QED) is 0.339. The Morgan fingerprint density at radius 2 is 1.63 bits per heavy atom. The second-order valence-corrected chi connectivity index (χ2v) is 6.06. The van der Waals surface area contributed by atoms with Gasteiger partial charge in [0.25, 0.3) is 5.69 Å². The Labute approximate surface area is 171 Å². The highest BCUT2D eigenvalue weighted by Gasteiger charge is 2.11. The van der Waals surface area contributed by atoms with Gasteiger partial charge in [-0.1, -0.05) is 12.1 Å². The van der Waals surface area contributed by atoms with Crippen LogP contribution >= 0.6 is 0 Å². The maximum Gasteiger partial charge on any atom is 0.338 e. The monoisotopic (exact) mass is 399 g/mol. The van der Waals surface area contributed by atoms with Crippen molar-refractivity contribution in [2.45, 2.75) is 6.61 Å². The van der Waals surface area contributed by atoms with E-state index in [0.717, 1.165) is 0 Å². The third kappa shape index (κ3) is 4.77. The number of nitro groups is 1. The topological polar surface area (TPSA) is 126 Å². The Hall–Kier alpha value is -4.69. The first-order valence-electron chi connectivity index (χ1n) is 8.63. The molecule has 0 fully saturated rings. The summed E-state index contributed by atoms with van der Waals surface area (Å²) in [6, 6.07) is 20.4. The van der Waals surface area contributed by atoms with Gasteiger partial charge in [-0.15, -0.1) is 0 Å². The molecule has 0 radical (unpaired) electrons. The maximum atomic E-state index is 12.2. The first kappa shape index (κ1) is 20.1. The molecule has 146 valence electrons. The van der Waals surface area contributed by atoms with Crippen molar-refractivity contribution >= 4 is 11.7 Å². The van der Waals surface area contributed by atoms with E-state index < -0.39 is 10.9 Å². The minimum absolute atomic E-state index is 0.0765. The van der Waals surface area contributed by atoms with Crippen LogP contribution in [0.5, 0.6) is 11.5 Å². The van der Waals surface area contributed by atoms with Crippen LogP contribution in [0.3, 0.4) is 0 Å². The highest BCUT2D eigenvalue weighted by atomic mass is 16.6. The fraction of sp³-hybridized carbons (Fsp3) is 0.0455. The molecule has 0 aromatic heterocycles. The number of benzene rings is 3. The minimum atomic E-state index is -0.585. The number of esters is 1. The molecule has 0 bridgehead atoms. The molecule has 0 aliphatic carbocycles. The van der Waals surface area contributed by atoms with Crippen molar-refractivity contribution in [2.24, 2.45) is 0 Å². The first-order chi connectivity index (χ1) is 14.5. The van der Waals surface area contributed by atoms with Gasteiger partial charge < -0.3 is 9.47 Å². The fourth-order valence-corrected chi connectivity index (χ4v) is 2.56. The number of ether oxygens (including phenoxy) is 2. The molecule has 30 heavy (non-hydrogen) atoms. The van der Waals surface area contributed by atoms with Gasteiger partial charge >= 0.3 is 5.97 Å². The molecule has 3 aromatic carbocycles. The standard InChI is InChI=1S/C22H13N3O5/c23-12-17-6-9-21(11-18(17)13-24)30-20-7-4-16(5-8-20)22(26)29-14-15-2-1-3-19(10-15)25(27)28/h1-11H,14H2. The van der Waals surface area contributed by atoms with Gasteiger partial charge in [-0.2, -0.15) is 10.5 Å². The number of nitriles is 2. The van der Waals surface area contributed by atoms with Crippen LogP contribution in [-0.4, -0.2) is 10.9 Å². The number of hydrogen-bond acceptors (Lipinski definition) is 7. The zero-order valence-electron chi connectivity index (χ0n) is 15.4. The lowest BCUT2D eigenvalue weighted by molar-refractivity contribution is -0.384. The summed E-state index contributed by atoms with van der Waals surface area (Å²) >= 11 is 0. The summed E-state index contributed by atoms with van der Waals surface area (Å²) in [4.78, 5) is 22.5. The Kier molecular flexibility index (Phi) is 6.02. The number of nitro benzene ring substituents is 1. The molecule has 0 atom stereocenters. The van der Waals surface area contributed by atoms with Crippen LogP contribution in [0.4, 0.5) is 5.69 Å². The molecule has 0 aliphatic heterocycles. The van der Waals surface area contributed by atoms with Crippen LogP contribution in [0.15, 0.2) is 66.7 Å². The van der Waals surface area contributed by atoms with Gasteiger partial charge in [-0.05, 0) is 48.0 Å². The molecular formula is C22H13N3O5. The van der Waals surface area contributed by atoms with E-state index >= 15 is 0 Å². The molecule has 0 saturated heterocycles. The third-order valence-electron chi connectivity index (χ3n) is 4.05. The van der Waals surface area contributed by atoms with E-state index in [-0.39, 0.29) is 29.0 Å². The SMILES string of the molecule is N#Cc1ccc(Oc2ccc(C(=O)OCc3cccc([N+](=O)[O-])c3)cc2)cc1C#N. The molecule has 0 aliphatic rings. The Bertz CT molecular complexity index is 1190. The van der Waals surface area contributed by atoms with Crippen LogP contribution in [0, 0.1) is 32.8 Å². The highest BCUT2D eigenvalue weighted by Crippen LogP contribution is 2.24. The predicted octanol–water partition coefficient (Wildman–Crippen LogP) is 4.49. The number of hydrogen-bond donors (Lipinski definition) is 0. The number of non-ortho nitro benzene ring substituents is 1. The largest absolute Gasteiger partial charge is 0.457 e. The van der Waals surface area contributed by atoms with Gasteiger partial charge in [0, 0.05) is 12.1 Å². The van der Waals surface area contributed by atoms with Crippen molar-refractivity contribution in [3.05, 3.63) is 99.1 Å². The van der Waals surface area contributed by atoms with Crippen molar-refractivity contribution in [3.63, 3.8) is 0 Å². The molecule has 0 N–H and O–H groups in total. The Morgan fingerprint density at radius 3 is 2.30 bits per heavy atom. The van der Waals surface area contributed by atoms with Crippen molar-refractivity contribution < 1.29 is 19.2 Å². The van der Waals surface area contributed by atoms with Gasteiger partial charge in [0.15, 0.2) is 0 Å². The van der Waals surface area contributed by atoms with E-state index in [0.29, 0.717) is 17.1 Å². The molecule has 3 rings (SSSR count). The Morgan fingerprint density at radius 1 is 0.933 bits per heavy atom. The molecule has 0 amide bonds. The molecule has 0 saturated carbocycles. The molecule has 0 spiro atoms. The van der Waals surface area contributed by atoms with Gasteiger partial charge in [0.1, 0.15) is 30.2 Å². The maximum absolute atomic E-state index is 12.2. The third-order valence-corrected chi connectivity index (χ3v) is 4.05. The smallest absolute Gasteiger partial charge is 0.338 e. The lowest BCUT2D eigenvalue weighted by atomic mass is 10.1. The Balaban J connectivity index is 1.63. The lowest BCUT2D eigenvalue weighted by Gasteiger charge is -2.08. The number of nitrogens with zero attached hydrogens (tertiary/aromatic N) is 3. The summed E-state index contributed by atoms with van der Waals surface area (Å²) in [6.07, 6.45) is 0.